The molecule has 1 atom stereocenters. The second kappa shape index (κ2) is 4.52. The van der Waals surface area contributed by atoms with Crippen molar-refractivity contribution in [2.45, 2.75) is 12.8 Å². The Labute approximate surface area is 118 Å². The van der Waals surface area contributed by atoms with E-state index in [1.165, 1.54) is 0 Å². The van der Waals surface area contributed by atoms with E-state index in [1.54, 1.807) is 11.3 Å². The third-order valence-corrected chi connectivity index (χ3v) is 4.72. The number of Topliss-reactive ketones (excluding diaryl/α,β-unsaturated/α-hetero) is 1. The number of ketones is 1. The number of para-hydroxylation sites is 1. The quantitative estimate of drug-likeness (QED) is 0.775. The van der Waals surface area contributed by atoms with Gasteiger partial charge >= 0.3 is 0 Å². The van der Waals surface area contributed by atoms with Gasteiger partial charge in [0, 0.05) is 16.0 Å². The van der Waals surface area contributed by atoms with E-state index in [-0.39, 0.29) is 11.7 Å². The first kappa shape index (κ1) is 11.9. The summed E-state index contributed by atoms with van der Waals surface area (Å²) in [7, 11) is 0. The minimum Gasteiger partial charge on any atom is -0.492 e. The van der Waals surface area contributed by atoms with Crippen LogP contribution in [0.15, 0.2) is 34.1 Å². The molecule has 0 spiro atoms. The lowest BCUT2D eigenvalue weighted by Crippen LogP contribution is -2.14. The van der Waals surface area contributed by atoms with Crippen LogP contribution in [0.25, 0.3) is 0 Å². The molecule has 92 valence electrons. The van der Waals surface area contributed by atoms with Gasteiger partial charge in [-0.3, -0.25) is 4.79 Å². The Bertz CT molecular complexity index is 618. The molecule has 0 radical (unpaired) electrons. The van der Waals surface area contributed by atoms with E-state index in [9.17, 15) is 4.79 Å². The number of halogens is 1. The van der Waals surface area contributed by atoms with Crippen molar-refractivity contribution in [3.05, 3.63) is 50.1 Å². The van der Waals surface area contributed by atoms with Crippen LogP contribution in [0, 0.1) is 6.92 Å². The fraction of sp³-hybridized carbons (Fsp3) is 0.214. The molecule has 0 bridgehead atoms. The molecule has 3 rings (SSSR count). The number of hydrogen-bond donors (Lipinski definition) is 0. The van der Waals surface area contributed by atoms with E-state index in [4.69, 9.17) is 4.74 Å². The van der Waals surface area contributed by atoms with Crippen LogP contribution in [0.2, 0.25) is 0 Å². The van der Waals surface area contributed by atoms with E-state index < -0.39 is 0 Å². The van der Waals surface area contributed by atoms with Gasteiger partial charge in [0.05, 0.1) is 9.70 Å². The lowest BCUT2D eigenvalue weighted by Gasteiger charge is -2.07. The molecule has 2 heterocycles. The monoisotopic (exact) mass is 322 g/mol. The molecule has 0 N–H and O–H groups in total. The SMILES string of the molecule is Cc1sc(Br)cc1C(=O)C1COc2ccccc21. The molecule has 1 aliphatic heterocycles. The van der Waals surface area contributed by atoms with E-state index in [2.05, 4.69) is 15.9 Å². The summed E-state index contributed by atoms with van der Waals surface area (Å²) in [6.45, 7) is 2.43. The fourth-order valence-electron chi connectivity index (χ4n) is 2.26. The highest BCUT2D eigenvalue weighted by molar-refractivity contribution is 9.11. The molecular formula is C14H11BrO2S. The number of carbonyl (C=O) groups is 1. The van der Waals surface area contributed by atoms with Gasteiger partial charge in [-0.25, -0.2) is 0 Å². The standard InChI is InChI=1S/C14H11BrO2S/c1-8-10(6-13(15)18-8)14(16)11-7-17-12-5-3-2-4-9(11)12/h2-6,11H,7H2,1H3. The van der Waals surface area contributed by atoms with Gasteiger partial charge in [0.2, 0.25) is 0 Å². The van der Waals surface area contributed by atoms with Gasteiger partial charge in [-0.05, 0) is 35.0 Å². The number of carbonyl (C=O) groups excluding carboxylic acids is 1. The highest BCUT2D eigenvalue weighted by Gasteiger charge is 2.31. The summed E-state index contributed by atoms with van der Waals surface area (Å²) in [5.41, 5.74) is 1.81. The highest BCUT2D eigenvalue weighted by atomic mass is 79.9. The topological polar surface area (TPSA) is 26.3 Å². The second-order valence-corrected chi connectivity index (χ2v) is 6.92. The molecule has 1 aliphatic rings. The summed E-state index contributed by atoms with van der Waals surface area (Å²) in [6.07, 6.45) is 0. The van der Waals surface area contributed by atoms with Crippen LogP contribution in [0.1, 0.15) is 26.7 Å². The third-order valence-electron chi connectivity index (χ3n) is 3.17. The molecule has 18 heavy (non-hydrogen) atoms. The summed E-state index contributed by atoms with van der Waals surface area (Å²) in [4.78, 5) is 13.6. The van der Waals surface area contributed by atoms with E-state index in [1.807, 2.05) is 37.3 Å². The number of aryl methyl sites for hydroxylation is 1. The van der Waals surface area contributed by atoms with Crippen molar-refractivity contribution >= 4 is 33.0 Å². The summed E-state index contributed by atoms with van der Waals surface area (Å²) in [5.74, 6) is 0.823. The van der Waals surface area contributed by atoms with Gasteiger partial charge in [-0.1, -0.05) is 18.2 Å². The lowest BCUT2D eigenvalue weighted by atomic mass is 9.93. The zero-order chi connectivity index (χ0) is 12.7. The molecule has 4 heteroatoms. The number of ether oxygens (including phenoxy) is 1. The van der Waals surface area contributed by atoms with Gasteiger partial charge in [0.25, 0.3) is 0 Å². The average molecular weight is 323 g/mol. The first-order valence-electron chi connectivity index (χ1n) is 5.68. The van der Waals surface area contributed by atoms with Crippen molar-refractivity contribution in [1.29, 1.82) is 0 Å². The maximum Gasteiger partial charge on any atom is 0.175 e. The minimum absolute atomic E-state index is 0.152. The molecule has 0 fully saturated rings. The van der Waals surface area contributed by atoms with Crippen molar-refractivity contribution in [3.8, 4) is 5.75 Å². The molecule has 0 aliphatic carbocycles. The first-order valence-corrected chi connectivity index (χ1v) is 7.29. The maximum absolute atomic E-state index is 12.5. The fourth-order valence-corrected chi connectivity index (χ4v) is 3.95. The van der Waals surface area contributed by atoms with Crippen molar-refractivity contribution in [2.24, 2.45) is 0 Å². The van der Waals surface area contributed by atoms with Gasteiger partial charge in [-0.15, -0.1) is 11.3 Å². The summed E-state index contributed by atoms with van der Waals surface area (Å²) >= 11 is 5.02. The number of thiophene rings is 1. The predicted molar refractivity (Wildman–Crippen MR) is 75.8 cm³/mol. The van der Waals surface area contributed by atoms with Crippen LogP contribution in [-0.2, 0) is 0 Å². The number of fused-ring (bicyclic) bond motifs is 1. The predicted octanol–water partition coefficient (Wildman–Crippen LogP) is 4.18. The normalized spacial score (nSPS) is 17.3. The highest BCUT2D eigenvalue weighted by Crippen LogP contribution is 2.37. The molecule has 0 amide bonds. The zero-order valence-electron chi connectivity index (χ0n) is 9.77. The molecule has 2 nitrogen and oxygen atoms in total. The van der Waals surface area contributed by atoms with E-state index in [0.717, 1.165) is 25.5 Å². The summed E-state index contributed by atoms with van der Waals surface area (Å²) in [5, 5.41) is 0. The molecule has 2 aromatic rings. The lowest BCUT2D eigenvalue weighted by molar-refractivity contribution is 0.0947. The third kappa shape index (κ3) is 1.89. The van der Waals surface area contributed by atoms with Crippen molar-refractivity contribution in [1.82, 2.24) is 0 Å². The Morgan fingerprint density at radius 2 is 2.22 bits per heavy atom. The van der Waals surface area contributed by atoms with Gasteiger partial charge < -0.3 is 4.74 Å². The smallest absolute Gasteiger partial charge is 0.175 e. The van der Waals surface area contributed by atoms with Crippen LogP contribution >= 0.6 is 27.3 Å². The van der Waals surface area contributed by atoms with Crippen LogP contribution < -0.4 is 4.74 Å². The summed E-state index contributed by atoms with van der Waals surface area (Å²) < 4.78 is 6.57. The zero-order valence-corrected chi connectivity index (χ0v) is 12.2. The van der Waals surface area contributed by atoms with Crippen LogP contribution in [0.3, 0.4) is 0 Å². The van der Waals surface area contributed by atoms with Crippen LogP contribution in [-0.4, -0.2) is 12.4 Å². The van der Waals surface area contributed by atoms with Gasteiger partial charge in [0.1, 0.15) is 12.4 Å². The largest absolute Gasteiger partial charge is 0.492 e. The van der Waals surface area contributed by atoms with Crippen LogP contribution in [0.5, 0.6) is 5.75 Å². The average Bonchev–Trinajstić information content (AvgIpc) is 2.92. The summed E-state index contributed by atoms with van der Waals surface area (Å²) in [6, 6.07) is 9.67. The van der Waals surface area contributed by atoms with Gasteiger partial charge in [0.15, 0.2) is 5.78 Å². The van der Waals surface area contributed by atoms with Crippen LogP contribution in [0.4, 0.5) is 0 Å². The second-order valence-electron chi connectivity index (χ2n) is 4.29. The Hall–Kier alpha value is -1.13. The molecule has 1 aromatic carbocycles. The maximum atomic E-state index is 12.5. The Kier molecular flexibility index (Phi) is 2.99. The molecule has 1 unspecified atom stereocenters. The molecule has 1 aromatic heterocycles. The Morgan fingerprint density at radius 3 is 2.94 bits per heavy atom. The number of benzene rings is 1. The minimum atomic E-state index is -0.165. The van der Waals surface area contributed by atoms with Crippen molar-refractivity contribution in [3.63, 3.8) is 0 Å². The van der Waals surface area contributed by atoms with Gasteiger partial charge in [-0.2, -0.15) is 0 Å². The van der Waals surface area contributed by atoms with E-state index >= 15 is 0 Å². The van der Waals surface area contributed by atoms with Crippen molar-refractivity contribution < 1.29 is 9.53 Å². The van der Waals surface area contributed by atoms with E-state index in [0.29, 0.717) is 6.61 Å². The molecular weight excluding hydrogens is 312 g/mol. The molecule has 0 saturated carbocycles. The van der Waals surface area contributed by atoms with Crippen molar-refractivity contribution in [2.75, 3.05) is 6.61 Å². The number of hydrogen-bond acceptors (Lipinski definition) is 3. The molecule has 0 saturated heterocycles. The first-order chi connectivity index (χ1) is 8.66. The Balaban J connectivity index is 1.98. The number of rotatable bonds is 2. The Morgan fingerprint density at radius 1 is 1.44 bits per heavy atom.